The number of benzene rings is 5. The molecule has 0 atom stereocenters. The Morgan fingerprint density at radius 2 is 1.03 bits per heavy atom. The van der Waals surface area contributed by atoms with Crippen LogP contribution in [0.25, 0.3) is 11.1 Å². The number of hydrogen-bond acceptors (Lipinski definition) is 2. The van der Waals surface area contributed by atoms with Crippen LogP contribution in [-0.4, -0.2) is 18.9 Å². The Morgan fingerprint density at radius 3 is 1.54 bits per heavy atom. The number of fused-ring (bicyclic) bond motifs is 3. The number of rotatable bonds is 5. The van der Waals surface area contributed by atoms with Crippen molar-refractivity contribution in [2.45, 2.75) is 12.3 Å². The molecule has 0 aliphatic heterocycles. The third-order valence-corrected chi connectivity index (χ3v) is 7.65. The maximum absolute atomic E-state index is 12.9. The monoisotopic (exact) mass is 508 g/mol. The molecule has 0 radical (unpaired) electrons. The first-order valence-corrected chi connectivity index (χ1v) is 13.0. The van der Waals surface area contributed by atoms with E-state index < -0.39 is 5.41 Å². The predicted molar refractivity (Wildman–Crippen MR) is 156 cm³/mol. The van der Waals surface area contributed by atoms with Crippen molar-refractivity contribution in [3.05, 3.63) is 160 Å². The molecule has 0 saturated heterocycles. The lowest BCUT2D eigenvalue weighted by molar-refractivity contribution is 0.0961. The van der Waals surface area contributed by atoms with Crippen LogP contribution >= 0.6 is 0 Å². The van der Waals surface area contributed by atoms with Crippen LogP contribution in [0.3, 0.4) is 0 Å². The lowest BCUT2D eigenvalue weighted by Crippen LogP contribution is -2.28. The molecule has 2 amide bonds. The quantitative estimate of drug-likeness (QED) is 0.264. The van der Waals surface area contributed by atoms with Crippen LogP contribution in [0.4, 0.5) is 5.69 Å². The number of carbonyl (C=O) groups excluding carboxylic acids is 2. The molecule has 1 aliphatic carbocycles. The molecule has 4 heteroatoms. The Kier molecular flexibility index (Phi) is 6.08. The SMILES string of the molecule is CNC(=O)c1ccc(C(=O)Nc2ccc(C3(c4ccc(C)cc4)c4ccccc4-c4ccccc43)cc2)cc1. The van der Waals surface area contributed by atoms with Crippen molar-refractivity contribution >= 4 is 17.5 Å². The van der Waals surface area contributed by atoms with Crippen LogP contribution < -0.4 is 10.6 Å². The van der Waals surface area contributed by atoms with E-state index in [1.807, 2.05) is 12.1 Å². The van der Waals surface area contributed by atoms with Gasteiger partial charge in [-0.3, -0.25) is 9.59 Å². The number of anilines is 1. The first-order valence-electron chi connectivity index (χ1n) is 13.0. The second-order valence-corrected chi connectivity index (χ2v) is 9.90. The van der Waals surface area contributed by atoms with E-state index in [-0.39, 0.29) is 11.8 Å². The molecule has 5 aromatic carbocycles. The smallest absolute Gasteiger partial charge is 0.255 e. The molecular formula is C35H28N2O2. The normalized spacial score (nSPS) is 12.8. The molecule has 4 nitrogen and oxygen atoms in total. The van der Waals surface area contributed by atoms with E-state index in [1.165, 1.54) is 33.4 Å². The average Bonchev–Trinajstić information content (AvgIpc) is 3.29. The number of nitrogens with one attached hydrogen (secondary N) is 2. The van der Waals surface area contributed by atoms with Crippen LogP contribution in [0.2, 0.25) is 0 Å². The summed E-state index contributed by atoms with van der Waals surface area (Å²) >= 11 is 0. The lowest BCUT2D eigenvalue weighted by atomic mass is 9.67. The van der Waals surface area contributed by atoms with Crippen molar-refractivity contribution in [3.8, 4) is 11.1 Å². The minimum absolute atomic E-state index is 0.185. The summed E-state index contributed by atoms with van der Waals surface area (Å²) in [4.78, 5) is 24.8. The summed E-state index contributed by atoms with van der Waals surface area (Å²) in [6.45, 7) is 2.11. The Hall–Kier alpha value is -4.96. The van der Waals surface area contributed by atoms with Crippen molar-refractivity contribution in [2.24, 2.45) is 0 Å². The molecular weight excluding hydrogens is 480 g/mol. The van der Waals surface area contributed by atoms with Gasteiger partial charge in [0.1, 0.15) is 0 Å². The fraction of sp³-hybridized carbons (Fsp3) is 0.0857. The Labute approximate surface area is 228 Å². The van der Waals surface area contributed by atoms with Gasteiger partial charge in [0.05, 0.1) is 5.41 Å². The maximum atomic E-state index is 12.9. The van der Waals surface area contributed by atoms with Gasteiger partial charge in [0.15, 0.2) is 0 Å². The van der Waals surface area contributed by atoms with Crippen LogP contribution in [0.15, 0.2) is 121 Å². The van der Waals surface area contributed by atoms with Gasteiger partial charge in [0.2, 0.25) is 0 Å². The predicted octanol–water partition coefficient (Wildman–Crippen LogP) is 6.97. The van der Waals surface area contributed by atoms with Gasteiger partial charge in [-0.15, -0.1) is 0 Å². The molecule has 39 heavy (non-hydrogen) atoms. The first kappa shape index (κ1) is 24.4. The molecule has 6 rings (SSSR count). The molecule has 1 aliphatic rings. The standard InChI is InChI=1S/C35H28N2O2/c1-23-11-17-26(18-12-23)35(31-9-5-3-7-29(31)30-8-4-6-10-32(30)35)27-19-21-28(22-20-27)37-34(39)25-15-13-24(14-16-25)33(38)36-2/h3-22H,1-2H3,(H,36,38)(H,37,39). The van der Waals surface area contributed by atoms with Gasteiger partial charge in [-0.05, 0) is 76.7 Å². The van der Waals surface area contributed by atoms with Crippen molar-refractivity contribution in [1.82, 2.24) is 5.32 Å². The molecule has 190 valence electrons. The number of amides is 2. The highest BCUT2D eigenvalue weighted by molar-refractivity contribution is 6.05. The average molecular weight is 509 g/mol. The highest BCUT2D eigenvalue weighted by Gasteiger charge is 2.45. The molecule has 0 aromatic heterocycles. The molecule has 5 aromatic rings. The van der Waals surface area contributed by atoms with Gasteiger partial charge < -0.3 is 10.6 Å². The summed E-state index contributed by atoms with van der Waals surface area (Å²) < 4.78 is 0. The topological polar surface area (TPSA) is 58.2 Å². The summed E-state index contributed by atoms with van der Waals surface area (Å²) in [5.74, 6) is -0.411. The molecule has 0 bridgehead atoms. The minimum atomic E-state index is -0.473. The van der Waals surface area contributed by atoms with Crippen molar-refractivity contribution in [1.29, 1.82) is 0 Å². The molecule has 2 N–H and O–H groups in total. The Balaban J connectivity index is 1.40. The summed E-state index contributed by atoms with van der Waals surface area (Å²) in [6.07, 6.45) is 0. The van der Waals surface area contributed by atoms with E-state index in [1.54, 1.807) is 31.3 Å². The molecule has 0 spiro atoms. The lowest BCUT2D eigenvalue weighted by Gasteiger charge is -2.34. The van der Waals surface area contributed by atoms with E-state index >= 15 is 0 Å². The van der Waals surface area contributed by atoms with E-state index in [4.69, 9.17) is 0 Å². The van der Waals surface area contributed by atoms with Crippen LogP contribution in [0.1, 0.15) is 48.5 Å². The van der Waals surface area contributed by atoms with E-state index in [0.717, 1.165) is 5.56 Å². The van der Waals surface area contributed by atoms with Crippen molar-refractivity contribution in [2.75, 3.05) is 12.4 Å². The van der Waals surface area contributed by atoms with Gasteiger partial charge in [-0.25, -0.2) is 0 Å². The fourth-order valence-corrected chi connectivity index (χ4v) is 5.75. The van der Waals surface area contributed by atoms with Crippen LogP contribution in [-0.2, 0) is 5.41 Å². The van der Waals surface area contributed by atoms with E-state index in [2.05, 4.69) is 102 Å². The van der Waals surface area contributed by atoms with Crippen LogP contribution in [0.5, 0.6) is 0 Å². The zero-order valence-electron chi connectivity index (χ0n) is 21.9. The molecule has 0 heterocycles. The number of hydrogen-bond donors (Lipinski definition) is 2. The fourth-order valence-electron chi connectivity index (χ4n) is 5.75. The molecule has 0 fully saturated rings. The van der Waals surface area contributed by atoms with Gasteiger partial charge in [0.25, 0.3) is 11.8 Å². The van der Waals surface area contributed by atoms with Gasteiger partial charge in [-0.2, -0.15) is 0 Å². The summed E-state index contributed by atoms with van der Waals surface area (Å²) in [7, 11) is 1.58. The third kappa shape index (κ3) is 4.02. The molecule has 0 unspecified atom stereocenters. The van der Waals surface area contributed by atoms with Gasteiger partial charge in [0, 0.05) is 23.9 Å². The van der Waals surface area contributed by atoms with E-state index in [9.17, 15) is 9.59 Å². The minimum Gasteiger partial charge on any atom is -0.355 e. The maximum Gasteiger partial charge on any atom is 0.255 e. The third-order valence-electron chi connectivity index (χ3n) is 7.65. The second kappa shape index (κ2) is 9.73. The summed E-state index contributed by atoms with van der Waals surface area (Å²) in [5.41, 5.74) is 9.78. The number of aryl methyl sites for hydroxylation is 1. The van der Waals surface area contributed by atoms with Crippen molar-refractivity contribution in [3.63, 3.8) is 0 Å². The van der Waals surface area contributed by atoms with E-state index in [0.29, 0.717) is 16.8 Å². The second-order valence-electron chi connectivity index (χ2n) is 9.90. The van der Waals surface area contributed by atoms with Crippen LogP contribution in [0, 0.1) is 6.92 Å². The highest BCUT2D eigenvalue weighted by Crippen LogP contribution is 2.55. The largest absolute Gasteiger partial charge is 0.355 e. The molecule has 0 saturated carbocycles. The van der Waals surface area contributed by atoms with Crippen molar-refractivity contribution < 1.29 is 9.59 Å². The zero-order chi connectivity index (χ0) is 27.0. The Bertz CT molecular complexity index is 1640. The zero-order valence-corrected chi connectivity index (χ0v) is 21.9. The first-order chi connectivity index (χ1) is 19.0. The highest BCUT2D eigenvalue weighted by atomic mass is 16.2. The summed E-state index contributed by atoms with van der Waals surface area (Å²) in [6, 6.07) is 40.9. The number of carbonyl (C=O) groups is 2. The Morgan fingerprint density at radius 1 is 0.564 bits per heavy atom. The van der Waals surface area contributed by atoms with Gasteiger partial charge >= 0.3 is 0 Å². The summed E-state index contributed by atoms with van der Waals surface area (Å²) in [5, 5.41) is 5.59. The van der Waals surface area contributed by atoms with Gasteiger partial charge in [-0.1, -0.05) is 90.5 Å².